The first kappa shape index (κ1) is 20.5. The van der Waals surface area contributed by atoms with E-state index < -0.39 is 11.7 Å². The lowest BCUT2D eigenvalue weighted by molar-refractivity contribution is 0.0531. The van der Waals surface area contributed by atoms with E-state index in [1.165, 1.54) is 11.8 Å². The molecule has 1 aromatic rings. The van der Waals surface area contributed by atoms with Crippen molar-refractivity contribution in [1.82, 2.24) is 5.32 Å². The van der Waals surface area contributed by atoms with Crippen molar-refractivity contribution in [2.24, 2.45) is 0 Å². The number of hydrogen-bond donors (Lipinski definition) is 1. The van der Waals surface area contributed by atoms with Crippen LogP contribution in [-0.4, -0.2) is 28.4 Å². The number of hydrogen-bond acceptors (Lipinski definition) is 5. The summed E-state index contributed by atoms with van der Waals surface area (Å²) in [5, 5.41) is 3.72. The fourth-order valence-electron chi connectivity index (χ4n) is 1.42. The third kappa shape index (κ3) is 9.35. The number of thioether (sulfide) groups is 2. The fraction of sp³-hybridized carbons (Fsp3) is 0.467. The van der Waals surface area contributed by atoms with Crippen LogP contribution in [0.2, 0.25) is 10.0 Å². The van der Waals surface area contributed by atoms with E-state index in [9.17, 15) is 9.59 Å². The van der Waals surface area contributed by atoms with Gasteiger partial charge in [-0.2, -0.15) is 0 Å². The molecule has 0 aliphatic heterocycles. The van der Waals surface area contributed by atoms with Crippen LogP contribution in [0.1, 0.15) is 26.3 Å². The van der Waals surface area contributed by atoms with E-state index in [0.29, 0.717) is 28.1 Å². The van der Waals surface area contributed by atoms with Crippen LogP contribution in [0.5, 0.6) is 0 Å². The molecular weight excluding hydrogens is 377 g/mol. The zero-order valence-electron chi connectivity index (χ0n) is 13.2. The molecule has 0 spiro atoms. The van der Waals surface area contributed by atoms with Gasteiger partial charge in [-0.1, -0.05) is 52.8 Å². The van der Waals surface area contributed by atoms with Crippen molar-refractivity contribution in [3.63, 3.8) is 0 Å². The number of alkyl carbamates (subject to hydrolysis) is 1. The van der Waals surface area contributed by atoms with E-state index >= 15 is 0 Å². The van der Waals surface area contributed by atoms with E-state index in [4.69, 9.17) is 27.9 Å². The van der Waals surface area contributed by atoms with Crippen LogP contribution >= 0.6 is 46.7 Å². The molecule has 4 nitrogen and oxygen atoms in total. The Labute approximate surface area is 155 Å². The van der Waals surface area contributed by atoms with Crippen molar-refractivity contribution < 1.29 is 14.3 Å². The Morgan fingerprint density at radius 1 is 1.22 bits per heavy atom. The van der Waals surface area contributed by atoms with Gasteiger partial charge in [-0.25, -0.2) is 4.79 Å². The third-order valence-corrected chi connectivity index (χ3v) is 4.98. The molecule has 0 heterocycles. The number of amides is 1. The van der Waals surface area contributed by atoms with Gasteiger partial charge in [0.05, 0.1) is 0 Å². The highest BCUT2D eigenvalue weighted by molar-refractivity contribution is 8.38. The lowest BCUT2D eigenvalue weighted by atomic mass is 10.2. The maximum Gasteiger partial charge on any atom is 0.407 e. The van der Waals surface area contributed by atoms with Crippen LogP contribution in [0.15, 0.2) is 18.2 Å². The molecule has 0 aromatic heterocycles. The Morgan fingerprint density at radius 2 is 1.91 bits per heavy atom. The SMILES string of the molecule is CC(C)(C)OC(=O)NCCSC(=O)SCc1ccc(Cl)cc1Cl. The van der Waals surface area contributed by atoms with Gasteiger partial charge in [-0.15, -0.1) is 0 Å². The van der Waals surface area contributed by atoms with Gasteiger partial charge < -0.3 is 10.1 Å². The van der Waals surface area contributed by atoms with Crippen molar-refractivity contribution in [2.45, 2.75) is 32.1 Å². The normalized spacial score (nSPS) is 11.2. The lowest BCUT2D eigenvalue weighted by Crippen LogP contribution is -2.33. The molecule has 0 bridgehead atoms. The number of carbonyl (C=O) groups is 2. The fourth-order valence-corrected chi connectivity index (χ4v) is 3.63. The van der Waals surface area contributed by atoms with Crippen LogP contribution in [0.3, 0.4) is 0 Å². The van der Waals surface area contributed by atoms with E-state index in [1.807, 2.05) is 0 Å². The summed E-state index contributed by atoms with van der Waals surface area (Å²) < 4.78 is 5.07. The summed E-state index contributed by atoms with van der Waals surface area (Å²) in [6, 6.07) is 5.20. The van der Waals surface area contributed by atoms with Crippen molar-refractivity contribution in [2.75, 3.05) is 12.3 Å². The van der Waals surface area contributed by atoms with Gasteiger partial charge in [0.2, 0.25) is 4.45 Å². The van der Waals surface area contributed by atoms with Gasteiger partial charge in [-0.3, -0.25) is 4.79 Å². The molecule has 8 heteroatoms. The van der Waals surface area contributed by atoms with Crippen molar-refractivity contribution in [3.8, 4) is 0 Å². The Bertz CT molecular complexity index is 562. The van der Waals surface area contributed by atoms with E-state index in [2.05, 4.69) is 5.32 Å². The maximum atomic E-state index is 11.8. The molecule has 1 amide bonds. The topological polar surface area (TPSA) is 55.4 Å². The lowest BCUT2D eigenvalue weighted by Gasteiger charge is -2.19. The molecule has 1 rings (SSSR count). The number of benzene rings is 1. The highest BCUT2D eigenvalue weighted by Gasteiger charge is 2.15. The quantitative estimate of drug-likeness (QED) is 0.656. The smallest absolute Gasteiger partial charge is 0.407 e. The molecule has 1 N–H and O–H groups in total. The van der Waals surface area contributed by atoms with Crippen molar-refractivity contribution in [1.29, 1.82) is 0 Å². The zero-order valence-corrected chi connectivity index (χ0v) is 16.3. The van der Waals surface area contributed by atoms with E-state index in [0.717, 1.165) is 17.3 Å². The molecular formula is C15H19Cl2NO3S2. The molecule has 0 radical (unpaired) electrons. The second-order valence-corrected chi connectivity index (χ2v) is 8.67. The summed E-state index contributed by atoms with van der Waals surface area (Å²) in [5.41, 5.74) is 0.336. The Morgan fingerprint density at radius 3 is 2.52 bits per heavy atom. The highest BCUT2D eigenvalue weighted by atomic mass is 35.5. The third-order valence-electron chi connectivity index (χ3n) is 2.35. The Hall–Kier alpha value is -0.560. The highest BCUT2D eigenvalue weighted by Crippen LogP contribution is 2.27. The summed E-state index contributed by atoms with van der Waals surface area (Å²) in [4.78, 5) is 23.2. The molecule has 0 aliphatic rings. The standard InChI is InChI=1S/C15H19Cl2NO3S2/c1-15(2,3)21-13(19)18-6-7-22-14(20)23-9-10-4-5-11(16)8-12(10)17/h4-5,8H,6-7,9H2,1-3H3,(H,18,19). The van der Waals surface area contributed by atoms with Gasteiger partial charge in [-0.05, 0) is 38.5 Å². The molecule has 128 valence electrons. The molecule has 0 saturated carbocycles. The summed E-state index contributed by atoms with van der Waals surface area (Å²) in [7, 11) is 0. The predicted octanol–water partition coefficient (Wildman–Crippen LogP) is 5.60. The predicted molar refractivity (Wildman–Crippen MR) is 99.8 cm³/mol. The van der Waals surface area contributed by atoms with E-state index in [1.54, 1.807) is 39.0 Å². The van der Waals surface area contributed by atoms with Crippen LogP contribution in [-0.2, 0) is 10.5 Å². The molecule has 0 fully saturated rings. The minimum absolute atomic E-state index is 0.0259. The first-order valence-electron chi connectivity index (χ1n) is 6.88. The second kappa shape index (κ2) is 9.67. The summed E-state index contributed by atoms with van der Waals surface area (Å²) in [5.74, 6) is 0.973. The first-order chi connectivity index (χ1) is 10.7. The summed E-state index contributed by atoms with van der Waals surface area (Å²) in [6.07, 6.45) is -0.480. The van der Waals surface area contributed by atoms with Crippen molar-refractivity contribution in [3.05, 3.63) is 33.8 Å². The minimum atomic E-state index is -0.527. The molecule has 0 aliphatic carbocycles. The average molecular weight is 396 g/mol. The molecule has 0 atom stereocenters. The van der Waals surface area contributed by atoms with Crippen molar-refractivity contribution >= 4 is 57.3 Å². The minimum Gasteiger partial charge on any atom is -0.444 e. The zero-order chi connectivity index (χ0) is 17.5. The van der Waals surface area contributed by atoms with Crippen LogP contribution in [0, 0.1) is 0 Å². The van der Waals surface area contributed by atoms with Crippen LogP contribution in [0.25, 0.3) is 0 Å². The average Bonchev–Trinajstić information content (AvgIpc) is 2.40. The van der Waals surface area contributed by atoms with Crippen LogP contribution in [0.4, 0.5) is 9.59 Å². The van der Waals surface area contributed by atoms with E-state index in [-0.39, 0.29) is 4.45 Å². The van der Waals surface area contributed by atoms with Gasteiger partial charge in [0.15, 0.2) is 0 Å². The first-order valence-corrected chi connectivity index (χ1v) is 9.60. The molecule has 0 saturated heterocycles. The second-order valence-electron chi connectivity index (χ2n) is 5.55. The molecule has 1 aromatic carbocycles. The molecule has 0 unspecified atom stereocenters. The van der Waals surface area contributed by atoms with Gasteiger partial charge in [0.25, 0.3) is 0 Å². The summed E-state index contributed by atoms with van der Waals surface area (Å²) >= 11 is 14.2. The Balaban J connectivity index is 2.21. The number of ether oxygens (including phenoxy) is 1. The largest absolute Gasteiger partial charge is 0.444 e. The molecule has 23 heavy (non-hydrogen) atoms. The monoisotopic (exact) mass is 395 g/mol. The van der Waals surface area contributed by atoms with Crippen LogP contribution < -0.4 is 5.32 Å². The number of carbonyl (C=O) groups excluding carboxylic acids is 2. The number of nitrogens with one attached hydrogen (secondary N) is 1. The van der Waals surface area contributed by atoms with Gasteiger partial charge >= 0.3 is 6.09 Å². The van der Waals surface area contributed by atoms with Gasteiger partial charge in [0.1, 0.15) is 5.60 Å². The summed E-state index contributed by atoms with van der Waals surface area (Å²) in [6.45, 7) is 5.75. The Kier molecular flexibility index (Phi) is 8.61. The maximum absolute atomic E-state index is 11.8. The number of rotatable bonds is 5. The van der Waals surface area contributed by atoms with Gasteiger partial charge in [0, 0.05) is 28.1 Å². The number of halogens is 2.